The maximum atomic E-state index is 12.9. The van der Waals surface area contributed by atoms with E-state index in [0.717, 1.165) is 16.5 Å². The van der Waals surface area contributed by atoms with Crippen molar-refractivity contribution in [2.24, 2.45) is 0 Å². The number of benzene rings is 2. The van der Waals surface area contributed by atoms with E-state index in [9.17, 15) is 9.59 Å². The highest BCUT2D eigenvalue weighted by atomic mass is 16.5. The molecule has 1 saturated heterocycles. The van der Waals surface area contributed by atoms with Gasteiger partial charge in [0.15, 0.2) is 5.69 Å². The van der Waals surface area contributed by atoms with Crippen LogP contribution in [0.4, 0.5) is 0 Å². The Kier molecular flexibility index (Phi) is 6.28. The van der Waals surface area contributed by atoms with Crippen molar-refractivity contribution >= 4 is 22.7 Å². The number of carbonyl (C=O) groups excluding carboxylic acids is 2. The van der Waals surface area contributed by atoms with E-state index in [-0.39, 0.29) is 17.5 Å². The standard InChI is InChI=1S/C25H27N7O3/c1-16-7-9-18(10-8-16)23-27-21(35-30-23)15-31-11-13-32(14-12-31)25(34)17(2)26-24(33)22-19-5-3-4-6-20(19)28-29-22/h3-10,17H,11-15H2,1-2H3,(H,26,33)(H,28,29)/t17-/m0/s1. The molecule has 0 bridgehead atoms. The number of amides is 2. The summed E-state index contributed by atoms with van der Waals surface area (Å²) in [6.07, 6.45) is 0. The van der Waals surface area contributed by atoms with Crippen LogP contribution in [0.3, 0.4) is 0 Å². The number of fused-ring (bicyclic) bond motifs is 1. The predicted octanol–water partition coefficient (Wildman–Crippen LogP) is 2.38. The van der Waals surface area contributed by atoms with E-state index in [1.54, 1.807) is 11.8 Å². The number of rotatable bonds is 6. The zero-order chi connectivity index (χ0) is 24.4. The van der Waals surface area contributed by atoms with Crippen molar-refractivity contribution in [1.82, 2.24) is 35.5 Å². The molecular formula is C25H27N7O3. The van der Waals surface area contributed by atoms with Crippen LogP contribution in [-0.4, -0.2) is 74.2 Å². The van der Waals surface area contributed by atoms with Gasteiger partial charge in [-0.2, -0.15) is 10.1 Å². The first-order chi connectivity index (χ1) is 17.0. The summed E-state index contributed by atoms with van der Waals surface area (Å²) in [4.78, 5) is 34.1. The Morgan fingerprint density at radius 2 is 1.83 bits per heavy atom. The highest BCUT2D eigenvalue weighted by Crippen LogP contribution is 2.18. The van der Waals surface area contributed by atoms with Gasteiger partial charge in [-0.05, 0) is 19.9 Å². The molecule has 1 aliphatic heterocycles. The molecule has 2 aromatic carbocycles. The maximum Gasteiger partial charge on any atom is 0.273 e. The van der Waals surface area contributed by atoms with Crippen molar-refractivity contribution in [2.75, 3.05) is 26.2 Å². The van der Waals surface area contributed by atoms with E-state index in [4.69, 9.17) is 4.52 Å². The Labute approximate surface area is 202 Å². The summed E-state index contributed by atoms with van der Waals surface area (Å²) in [6, 6.07) is 14.7. The fraction of sp³-hybridized carbons (Fsp3) is 0.320. The minimum absolute atomic E-state index is 0.114. The quantitative estimate of drug-likeness (QED) is 0.441. The Balaban J connectivity index is 1.13. The Bertz CT molecular complexity index is 1340. The van der Waals surface area contributed by atoms with Crippen LogP contribution in [0.15, 0.2) is 53.1 Å². The summed E-state index contributed by atoms with van der Waals surface area (Å²) in [5.41, 5.74) is 3.16. The second kappa shape index (κ2) is 9.67. The van der Waals surface area contributed by atoms with Crippen molar-refractivity contribution in [2.45, 2.75) is 26.4 Å². The first kappa shape index (κ1) is 22.7. The molecule has 0 saturated carbocycles. The Hall–Kier alpha value is -4.05. The first-order valence-electron chi connectivity index (χ1n) is 11.6. The van der Waals surface area contributed by atoms with Gasteiger partial charge in [0, 0.05) is 37.1 Å². The SMILES string of the molecule is Cc1ccc(-c2noc(CN3CCN(C(=O)[C@H](C)NC(=O)c4n[nH]c5ccccc45)CC3)n2)cc1. The molecule has 2 aromatic heterocycles. The van der Waals surface area contributed by atoms with Gasteiger partial charge >= 0.3 is 0 Å². The van der Waals surface area contributed by atoms with Gasteiger partial charge in [0.2, 0.25) is 17.6 Å². The molecule has 35 heavy (non-hydrogen) atoms. The first-order valence-corrected chi connectivity index (χ1v) is 11.6. The topological polar surface area (TPSA) is 120 Å². The number of para-hydroxylation sites is 1. The average Bonchev–Trinajstić information content (AvgIpc) is 3.52. The van der Waals surface area contributed by atoms with Crippen LogP contribution in [0.5, 0.6) is 0 Å². The number of aryl methyl sites for hydroxylation is 1. The van der Waals surface area contributed by atoms with Gasteiger partial charge in [0.25, 0.3) is 5.91 Å². The lowest BCUT2D eigenvalue weighted by Gasteiger charge is -2.35. The van der Waals surface area contributed by atoms with Crippen molar-refractivity contribution in [3.63, 3.8) is 0 Å². The van der Waals surface area contributed by atoms with Crippen LogP contribution in [0.1, 0.15) is 28.9 Å². The van der Waals surface area contributed by atoms with E-state index >= 15 is 0 Å². The highest BCUT2D eigenvalue weighted by molar-refractivity contribution is 6.05. The summed E-state index contributed by atoms with van der Waals surface area (Å²) in [5, 5.41) is 14.6. The van der Waals surface area contributed by atoms with E-state index in [1.807, 2.05) is 55.5 Å². The molecule has 2 N–H and O–H groups in total. The van der Waals surface area contributed by atoms with Crippen molar-refractivity contribution in [1.29, 1.82) is 0 Å². The highest BCUT2D eigenvalue weighted by Gasteiger charge is 2.27. The van der Waals surface area contributed by atoms with Gasteiger partial charge in [0.1, 0.15) is 6.04 Å². The molecule has 180 valence electrons. The largest absolute Gasteiger partial charge is 0.339 e. The Morgan fingerprint density at radius 3 is 2.60 bits per heavy atom. The van der Waals surface area contributed by atoms with Crippen LogP contribution in [0.2, 0.25) is 0 Å². The molecule has 0 unspecified atom stereocenters. The molecule has 5 rings (SSSR count). The molecule has 3 heterocycles. The lowest BCUT2D eigenvalue weighted by atomic mass is 10.1. The molecule has 2 amide bonds. The zero-order valence-electron chi connectivity index (χ0n) is 19.7. The van der Waals surface area contributed by atoms with Crippen LogP contribution < -0.4 is 5.32 Å². The number of nitrogens with one attached hydrogen (secondary N) is 2. The molecule has 0 spiro atoms. The molecular weight excluding hydrogens is 446 g/mol. The van der Waals surface area contributed by atoms with Gasteiger partial charge in [-0.25, -0.2) is 0 Å². The minimum atomic E-state index is -0.655. The second-order valence-corrected chi connectivity index (χ2v) is 8.79. The molecule has 10 heteroatoms. The number of H-pyrrole nitrogens is 1. The van der Waals surface area contributed by atoms with E-state index in [2.05, 4.69) is 30.6 Å². The van der Waals surface area contributed by atoms with Crippen molar-refractivity contribution < 1.29 is 14.1 Å². The van der Waals surface area contributed by atoms with E-state index in [1.165, 1.54) is 5.56 Å². The third-order valence-corrected chi connectivity index (χ3v) is 6.22. The smallest absolute Gasteiger partial charge is 0.273 e. The molecule has 0 radical (unpaired) electrons. The molecule has 4 aromatic rings. The van der Waals surface area contributed by atoms with Crippen LogP contribution in [0.25, 0.3) is 22.3 Å². The van der Waals surface area contributed by atoms with E-state index < -0.39 is 6.04 Å². The summed E-state index contributed by atoms with van der Waals surface area (Å²) in [5.74, 6) is 0.635. The zero-order valence-corrected chi connectivity index (χ0v) is 19.7. The number of hydrogen-bond donors (Lipinski definition) is 2. The normalized spacial score (nSPS) is 15.3. The lowest BCUT2D eigenvalue weighted by molar-refractivity contribution is -0.134. The summed E-state index contributed by atoms with van der Waals surface area (Å²) < 4.78 is 5.43. The van der Waals surface area contributed by atoms with Gasteiger partial charge in [-0.15, -0.1) is 0 Å². The second-order valence-electron chi connectivity index (χ2n) is 8.79. The third kappa shape index (κ3) is 4.92. The summed E-state index contributed by atoms with van der Waals surface area (Å²) in [6.45, 7) is 6.74. The van der Waals surface area contributed by atoms with Crippen LogP contribution in [0, 0.1) is 6.92 Å². The molecule has 1 fully saturated rings. The van der Waals surface area contributed by atoms with Gasteiger partial charge in [-0.1, -0.05) is 53.2 Å². The number of nitrogens with zero attached hydrogens (tertiary/aromatic N) is 5. The van der Waals surface area contributed by atoms with Crippen molar-refractivity contribution in [3.8, 4) is 11.4 Å². The van der Waals surface area contributed by atoms with Crippen molar-refractivity contribution in [3.05, 3.63) is 65.7 Å². The fourth-order valence-corrected chi connectivity index (χ4v) is 4.19. The average molecular weight is 474 g/mol. The van der Waals surface area contributed by atoms with Gasteiger partial charge in [-0.3, -0.25) is 19.6 Å². The number of hydrogen-bond acceptors (Lipinski definition) is 7. The van der Waals surface area contributed by atoms with Gasteiger partial charge in [0.05, 0.1) is 12.1 Å². The molecule has 0 aliphatic carbocycles. The minimum Gasteiger partial charge on any atom is -0.339 e. The summed E-state index contributed by atoms with van der Waals surface area (Å²) in [7, 11) is 0. The number of aromatic nitrogens is 4. The number of aromatic amines is 1. The fourth-order valence-electron chi connectivity index (χ4n) is 4.19. The number of carbonyl (C=O) groups is 2. The molecule has 1 aliphatic rings. The third-order valence-electron chi connectivity index (χ3n) is 6.22. The lowest BCUT2D eigenvalue weighted by Crippen LogP contribution is -2.54. The van der Waals surface area contributed by atoms with E-state index in [0.29, 0.717) is 44.4 Å². The maximum absolute atomic E-state index is 12.9. The molecule has 1 atom stereocenters. The predicted molar refractivity (Wildman–Crippen MR) is 129 cm³/mol. The van der Waals surface area contributed by atoms with Crippen LogP contribution >= 0.6 is 0 Å². The van der Waals surface area contributed by atoms with Gasteiger partial charge < -0.3 is 14.7 Å². The van der Waals surface area contributed by atoms with Crippen LogP contribution in [-0.2, 0) is 11.3 Å². The Morgan fingerprint density at radius 1 is 1.09 bits per heavy atom. The molecule has 10 nitrogen and oxygen atoms in total. The number of piperazine rings is 1. The monoisotopic (exact) mass is 473 g/mol. The summed E-state index contributed by atoms with van der Waals surface area (Å²) >= 11 is 0.